The molecular formula is C15H20N2O4. The minimum Gasteiger partial charge on any atom is -0.497 e. The van der Waals surface area contributed by atoms with Crippen LogP contribution in [0.2, 0.25) is 0 Å². The highest BCUT2D eigenvalue weighted by Gasteiger charge is 2.33. The number of rotatable bonds is 7. The lowest BCUT2D eigenvalue weighted by Crippen LogP contribution is -2.44. The minimum absolute atomic E-state index is 0.0853. The number of hydrogen-bond acceptors (Lipinski definition) is 3. The number of benzene rings is 1. The van der Waals surface area contributed by atoms with E-state index in [1.807, 2.05) is 24.3 Å². The molecule has 2 N–H and O–H groups in total. The van der Waals surface area contributed by atoms with Crippen LogP contribution in [0.4, 0.5) is 4.79 Å². The van der Waals surface area contributed by atoms with E-state index < -0.39 is 5.97 Å². The second-order valence-electron chi connectivity index (χ2n) is 5.08. The Hall–Kier alpha value is -2.24. The van der Waals surface area contributed by atoms with Crippen molar-refractivity contribution in [2.75, 3.05) is 20.2 Å². The van der Waals surface area contributed by atoms with E-state index in [4.69, 9.17) is 9.84 Å². The van der Waals surface area contributed by atoms with E-state index in [0.29, 0.717) is 13.0 Å². The number of carboxylic acids is 1. The molecule has 6 nitrogen and oxygen atoms in total. The molecule has 1 aliphatic carbocycles. The fraction of sp³-hybridized carbons (Fsp3) is 0.467. The van der Waals surface area contributed by atoms with Gasteiger partial charge in [0.15, 0.2) is 0 Å². The second-order valence-corrected chi connectivity index (χ2v) is 5.08. The molecule has 0 aliphatic heterocycles. The lowest BCUT2D eigenvalue weighted by Gasteiger charge is -2.20. The Morgan fingerprint density at radius 1 is 1.33 bits per heavy atom. The van der Waals surface area contributed by atoms with Gasteiger partial charge in [-0.25, -0.2) is 4.79 Å². The first-order valence-electron chi connectivity index (χ1n) is 6.99. The summed E-state index contributed by atoms with van der Waals surface area (Å²) in [6.45, 7) is 0.243. The van der Waals surface area contributed by atoms with Crippen molar-refractivity contribution < 1.29 is 19.4 Å². The van der Waals surface area contributed by atoms with E-state index in [1.165, 1.54) is 4.90 Å². The minimum atomic E-state index is -0.979. The highest BCUT2D eigenvalue weighted by molar-refractivity contribution is 5.80. The number of carboxylic acid groups (broad SMARTS) is 1. The molecule has 0 radical (unpaired) electrons. The number of nitrogens with one attached hydrogen (secondary N) is 1. The van der Waals surface area contributed by atoms with E-state index in [2.05, 4.69) is 5.32 Å². The molecule has 1 aromatic rings. The SMILES string of the molecule is COc1ccc(CCNC(=O)N(CC(=O)O)C2CC2)cc1. The van der Waals surface area contributed by atoms with Gasteiger partial charge in [-0.2, -0.15) is 0 Å². The Bertz CT molecular complexity index is 497. The lowest BCUT2D eigenvalue weighted by atomic mass is 10.1. The van der Waals surface area contributed by atoms with Gasteiger partial charge in [0.1, 0.15) is 12.3 Å². The molecule has 0 spiro atoms. The molecule has 6 heteroatoms. The third-order valence-corrected chi connectivity index (χ3v) is 3.40. The van der Waals surface area contributed by atoms with Crippen LogP contribution in [-0.4, -0.2) is 48.2 Å². The Kier molecular flexibility index (Phi) is 5.03. The fourth-order valence-corrected chi connectivity index (χ4v) is 2.11. The smallest absolute Gasteiger partial charge is 0.323 e. The molecule has 1 fully saturated rings. The maximum absolute atomic E-state index is 12.0. The summed E-state index contributed by atoms with van der Waals surface area (Å²) in [5.41, 5.74) is 1.09. The predicted molar refractivity (Wildman–Crippen MR) is 77.5 cm³/mol. The van der Waals surface area contributed by atoms with E-state index in [-0.39, 0.29) is 18.6 Å². The summed E-state index contributed by atoms with van der Waals surface area (Å²) in [6.07, 6.45) is 2.47. The lowest BCUT2D eigenvalue weighted by molar-refractivity contribution is -0.137. The van der Waals surface area contributed by atoms with Gasteiger partial charge in [0, 0.05) is 12.6 Å². The van der Waals surface area contributed by atoms with Gasteiger partial charge in [-0.15, -0.1) is 0 Å². The molecule has 0 bridgehead atoms. The molecule has 21 heavy (non-hydrogen) atoms. The number of hydrogen-bond donors (Lipinski definition) is 2. The van der Waals surface area contributed by atoms with Crippen molar-refractivity contribution >= 4 is 12.0 Å². The normalized spacial score (nSPS) is 13.6. The maximum Gasteiger partial charge on any atom is 0.323 e. The third-order valence-electron chi connectivity index (χ3n) is 3.40. The molecule has 2 rings (SSSR count). The maximum atomic E-state index is 12.0. The van der Waals surface area contributed by atoms with Crippen LogP contribution in [0.5, 0.6) is 5.75 Å². The molecule has 2 amide bonds. The number of carbonyl (C=O) groups excluding carboxylic acids is 1. The molecule has 0 unspecified atom stereocenters. The summed E-state index contributed by atoms with van der Waals surface area (Å²) in [4.78, 5) is 24.2. The topological polar surface area (TPSA) is 78.9 Å². The summed E-state index contributed by atoms with van der Waals surface area (Å²) >= 11 is 0. The van der Waals surface area contributed by atoms with Crippen molar-refractivity contribution in [3.8, 4) is 5.75 Å². The highest BCUT2D eigenvalue weighted by atomic mass is 16.5. The van der Waals surface area contributed by atoms with E-state index in [0.717, 1.165) is 24.2 Å². The Morgan fingerprint density at radius 2 is 2.00 bits per heavy atom. The first kappa shape index (κ1) is 15.2. The summed E-state index contributed by atoms with van der Waals surface area (Å²) in [5.74, 6) is -0.184. The average Bonchev–Trinajstić information content (AvgIpc) is 3.29. The van der Waals surface area contributed by atoms with Crippen LogP contribution in [0.3, 0.4) is 0 Å². The van der Waals surface area contributed by atoms with Crippen molar-refractivity contribution in [2.24, 2.45) is 0 Å². The van der Waals surface area contributed by atoms with Crippen molar-refractivity contribution in [1.82, 2.24) is 10.2 Å². The van der Waals surface area contributed by atoms with Crippen molar-refractivity contribution in [2.45, 2.75) is 25.3 Å². The molecule has 114 valence electrons. The Balaban J connectivity index is 1.78. The van der Waals surface area contributed by atoms with Crippen LogP contribution in [0, 0.1) is 0 Å². The van der Waals surface area contributed by atoms with E-state index in [9.17, 15) is 9.59 Å². The average molecular weight is 292 g/mol. The van der Waals surface area contributed by atoms with E-state index in [1.54, 1.807) is 7.11 Å². The summed E-state index contributed by atoms with van der Waals surface area (Å²) in [5, 5.41) is 11.6. The Morgan fingerprint density at radius 3 is 2.52 bits per heavy atom. The number of ether oxygens (including phenoxy) is 1. The number of urea groups is 1. The molecule has 1 aliphatic rings. The molecular weight excluding hydrogens is 272 g/mol. The van der Waals surface area contributed by atoms with Gasteiger partial charge in [-0.3, -0.25) is 4.79 Å². The van der Waals surface area contributed by atoms with Crippen molar-refractivity contribution in [1.29, 1.82) is 0 Å². The number of carbonyl (C=O) groups is 2. The van der Waals surface area contributed by atoms with Crippen LogP contribution in [0.25, 0.3) is 0 Å². The number of methoxy groups -OCH3 is 1. The van der Waals surface area contributed by atoms with Gasteiger partial charge in [0.05, 0.1) is 7.11 Å². The van der Waals surface area contributed by atoms with Gasteiger partial charge in [-0.05, 0) is 37.0 Å². The largest absolute Gasteiger partial charge is 0.497 e. The number of nitrogens with zero attached hydrogens (tertiary/aromatic N) is 1. The van der Waals surface area contributed by atoms with Gasteiger partial charge < -0.3 is 20.1 Å². The predicted octanol–water partition coefficient (Wildman–Crippen LogP) is 1.50. The zero-order valence-electron chi connectivity index (χ0n) is 12.0. The molecule has 0 atom stereocenters. The van der Waals surface area contributed by atoms with Crippen LogP contribution in [0.15, 0.2) is 24.3 Å². The zero-order chi connectivity index (χ0) is 15.2. The van der Waals surface area contributed by atoms with Crippen LogP contribution >= 0.6 is 0 Å². The van der Waals surface area contributed by atoms with E-state index >= 15 is 0 Å². The van der Waals surface area contributed by atoms with Crippen LogP contribution < -0.4 is 10.1 Å². The number of aliphatic carboxylic acids is 1. The standard InChI is InChI=1S/C15H20N2O4/c1-21-13-6-2-11(3-7-13)8-9-16-15(20)17(10-14(18)19)12-4-5-12/h2-3,6-7,12H,4-5,8-10H2,1H3,(H,16,20)(H,18,19). The first-order valence-corrected chi connectivity index (χ1v) is 6.99. The van der Waals surface area contributed by atoms with Crippen molar-refractivity contribution in [3.05, 3.63) is 29.8 Å². The van der Waals surface area contributed by atoms with Gasteiger partial charge >= 0.3 is 12.0 Å². The van der Waals surface area contributed by atoms with Gasteiger partial charge in [0.25, 0.3) is 0 Å². The summed E-state index contributed by atoms with van der Waals surface area (Å²) in [6, 6.07) is 7.42. The molecule has 1 saturated carbocycles. The Labute approximate surface area is 123 Å². The molecule has 1 aromatic carbocycles. The fourth-order valence-electron chi connectivity index (χ4n) is 2.11. The third kappa shape index (κ3) is 4.66. The highest BCUT2D eigenvalue weighted by Crippen LogP contribution is 2.26. The molecule has 0 saturated heterocycles. The quantitative estimate of drug-likeness (QED) is 0.798. The van der Waals surface area contributed by atoms with Crippen LogP contribution in [0.1, 0.15) is 18.4 Å². The second kappa shape index (κ2) is 6.97. The summed E-state index contributed by atoms with van der Waals surface area (Å²) < 4.78 is 5.08. The molecule has 0 heterocycles. The molecule has 0 aromatic heterocycles. The van der Waals surface area contributed by atoms with Crippen molar-refractivity contribution in [3.63, 3.8) is 0 Å². The number of amides is 2. The van der Waals surface area contributed by atoms with Crippen LogP contribution in [-0.2, 0) is 11.2 Å². The van der Waals surface area contributed by atoms with Gasteiger partial charge in [-0.1, -0.05) is 12.1 Å². The first-order chi connectivity index (χ1) is 10.1. The van der Waals surface area contributed by atoms with Gasteiger partial charge in [0.2, 0.25) is 0 Å². The zero-order valence-corrected chi connectivity index (χ0v) is 12.0. The summed E-state index contributed by atoms with van der Waals surface area (Å²) in [7, 11) is 1.62. The monoisotopic (exact) mass is 292 g/mol.